The lowest BCUT2D eigenvalue weighted by Gasteiger charge is -2.06. The van der Waals surface area contributed by atoms with Crippen LogP contribution in [-0.2, 0) is 27.3 Å². The van der Waals surface area contributed by atoms with Gasteiger partial charge < -0.3 is 9.30 Å². The van der Waals surface area contributed by atoms with Gasteiger partial charge in [0.15, 0.2) is 4.80 Å². The van der Waals surface area contributed by atoms with Gasteiger partial charge in [-0.1, -0.05) is 44.1 Å². The summed E-state index contributed by atoms with van der Waals surface area (Å²) in [6.07, 6.45) is 5.55. The molecule has 1 amide bonds. The number of carbonyl (C=O) groups is 2. The van der Waals surface area contributed by atoms with Crippen LogP contribution < -0.4 is 4.80 Å². The van der Waals surface area contributed by atoms with Gasteiger partial charge in [0.25, 0.3) is 0 Å². The van der Waals surface area contributed by atoms with Crippen LogP contribution in [0.15, 0.2) is 23.2 Å². The number of thiazole rings is 1. The van der Waals surface area contributed by atoms with Gasteiger partial charge in [-0.25, -0.2) is 0 Å². The minimum absolute atomic E-state index is 0.0715. The van der Waals surface area contributed by atoms with Crippen LogP contribution >= 0.6 is 11.3 Å². The molecule has 0 saturated heterocycles. The second-order valence-electron chi connectivity index (χ2n) is 6.29. The average molecular weight is 377 g/mol. The van der Waals surface area contributed by atoms with E-state index in [9.17, 15) is 9.59 Å². The highest BCUT2D eigenvalue weighted by molar-refractivity contribution is 7.16. The van der Waals surface area contributed by atoms with E-state index in [0.29, 0.717) is 17.8 Å². The van der Waals surface area contributed by atoms with Crippen molar-refractivity contribution in [1.82, 2.24) is 4.57 Å². The van der Waals surface area contributed by atoms with Gasteiger partial charge in [-0.3, -0.25) is 9.59 Å². The Morgan fingerprint density at radius 1 is 1.15 bits per heavy atom. The molecule has 0 radical (unpaired) electrons. The molecule has 0 saturated carbocycles. The Hall–Kier alpha value is -1.95. The molecular formula is C20H28N2O3S. The molecule has 0 N–H and O–H groups in total. The van der Waals surface area contributed by atoms with Gasteiger partial charge in [0.2, 0.25) is 5.91 Å². The van der Waals surface area contributed by atoms with E-state index in [0.717, 1.165) is 42.3 Å². The first-order valence-corrected chi connectivity index (χ1v) is 10.3. The number of amides is 1. The minimum Gasteiger partial charge on any atom is -0.465 e. The number of ether oxygens (including phenoxy) is 1. The molecule has 1 aromatic heterocycles. The summed E-state index contributed by atoms with van der Waals surface area (Å²) in [5, 5.41) is 0. The summed E-state index contributed by atoms with van der Waals surface area (Å²) in [5.74, 6) is -0.452. The maximum Gasteiger partial charge on any atom is 0.326 e. The van der Waals surface area contributed by atoms with E-state index in [1.54, 1.807) is 11.5 Å². The lowest BCUT2D eigenvalue weighted by Crippen LogP contribution is -2.23. The van der Waals surface area contributed by atoms with E-state index in [2.05, 4.69) is 24.0 Å². The highest BCUT2D eigenvalue weighted by Gasteiger charge is 2.12. The quantitative estimate of drug-likeness (QED) is 0.616. The maximum absolute atomic E-state index is 12.1. The van der Waals surface area contributed by atoms with Crippen LogP contribution in [0.4, 0.5) is 0 Å². The maximum atomic E-state index is 12.1. The summed E-state index contributed by atoms with van der Waals surface area (Å²) in [4.78, 5) is 29.0. The summed E-state index contributed by atoms with van der Waals surface area (Å²) >= 11 is 1.46. The van der Waals surface area contributed by atoms with Crippen molar-refractivity contribution < 1.29 is 14.3 Å². The second-order valence-corrected chi connectivity index (χ2v) is 7.30. The van der Waals surface area contributed by atoms with Crippen LogP contribution in [-0.4, -0.2) is 23.1 Å². The fraction of sp³-hybridized carbons (Fsp3) is 0.550. The van der Waals surface area contributed by atoms with E-state index < -0.39 is 0 Å². The Labute approximate surface area is 158 Å². The molecular weight excluding hydrogens is 348 g/mol. The lowest BCUT2D eigenvalue weighted by atomic mass is 10.1. The monoisotopic (exact) mass is 376 g/mol. The molecule has 0 spiro atoms. The number of rotatable bonds is 9. The van der Waals surface area contributed by atoms with Gasteiger partial charge in [-0.2, -0.15) is 4.99 Å². The number of fused-ring (bicyclic) bond motifs is 1. The summed E-state index contributed by atoms with van der Waals surface area (Å²) in [7, 11) is 0. The number of nitrogens with zero attached hydrogens (tertiary/aromatic N) is 2. The number of hydrogen-bond acceptors (Lipinski definition) is 4. The summed E-state index contributed by atoms with van der Waals surface area (Å²) < 4.78 is 7.93. The van der Waals surface area contributed by atoms with Crippen LogP contribution in [0.3, 0.4) is 0 Å². The number of unbranched alkanes of at least 4 members (excludes halogenated alkanes) is 2. The van der Waals surface area contributed by atoms with E-state index in [4.69, 9.17) is 4.74 Å². The summed E-state index contributed by atoms with van der Waals surface area (Å²) in [6, 6.07) is 6.26. The van der Waals surface area contributed by atoms with Gasteiger partial charge in [0.1, 0.15) is 6.54 Å². The SMILES string of the molecule is CCCCC(=O)N=c1sc2cc(CCCC)ccc2n1CC(=O)OCC. The van der Waals surface area contributed by atoms with Crippen LogP contribution in [0.5, 0.6) is 0 Å². The molecule has 1 aromatic carbocycles. The van der Waals surface area contributed by atoms with Gasteiger partial charge in [-0.05, 0) is 43.9 Å². The van der Waals surface area contributed by atoms with Crippen molar-refractivity contribution in [1.29, 1.82) is 0 Å². The molecule has 0 aliphatic carbocycles. The Kier molecular flexibility index (Phi) is 8.04. The normalized spacial score (nSPS) is 11.9. The van der Waals surface area contributed by atoms with E-state index in [-0.39, 0.29) is 18.4 Å². The summed E-state index contributed by atoms with van der Waals surface area (Å²) in [6.45, 7) is 6.42. The third-order valence-corrected chi connectivity index (χ3v) is 5.16. The van der Waals surface area contributed by atoms with E-state index >= 15 is 0 Å². The average Bonchev–Trinajstić information content (AvgIpc) is 2.94. The van der Waals surface area contributed by atoms with Crippen LogP contribution in [0, 0.1) is 0 Å². The van der Waals surface area contributed by atoms with Crippen molar-refractivity contribution in [3.63, 3.8) is 0 Å². The molecule has 0 atom stereocenters. The molecule has 2 aromatic rings. The van der Waals surface area contributed by atoms with Crippen molar-refractivity contribution in [2.24, 2.45) is 4.99 Å². The molecule has 0 aliphatic heterocycles. The summed E-state index contributed by atoms with van der Waals surface area (Å²) in [5.41, 5.74) is 2.19. The van der Waals surface area contributed by atoms with Crippen molar-refractivity contribution in [3.05, 3.63) is 28.6 Å². The number of benzene rings is 1. The van der Waals surface area contributed by atoms with Gasteiger partial charge in [0.05, 0.1) is 16.8 Å². The zero-order chi connectivity index (χ0) is 18.9. The predicted octanol–water partition coefficient (Wildman–Crippen LogP) is 4.23. The zero-order valence-corrected chi connectivity index (χ0v) is 16.7. The van der Waals surface area contributed by atoms with Crippen molar-refractivity contribution >= 4 is 33.4 Å². The van der Waals surface area contributed by atoms with E-state index in [1.165, 1.54) is 16.9 Å². The van der Waals surface area contributed by atoms with Crippen molar-refractivity contribution in [3.8, 4) is 0 Å². The fourth-order valence-corrected chi connectivity index (χ4v) is 3.83. The number of aromatic nitrogens is 1. The number of aryl methyl sites for hydroxylation is 1. The van der Waals surface area contributed by atoms with Crippen molar-refractivity contribution in [2.75, 3.05) is 6.61 Å². The Bertz CT molecular complexity index is 820. The second kappa shape index (κ2) is 10.3. The number of carbonyl (C=O) groups excluding carboxylic acids is 2. The van der Waals surface area contributed by atoms with Gasteiger partial charge in [0, 0.05) is 6.42 Å². The van der Waals surface area contributed by atoms with Gasteiger partial charge in [-0.15, -0.1) is 0 Å². The molecule has 0 aliphatic rings. The first-order chi connectivity index (χ1) is 12.6. The Morgan fingerprint density at radius 3 is 2.62 bits per heavy atom. The molecule has 0 unspecified atom stereocenters. The van der Waals surface area contributed by atoms with Crippen LogP contribution in [0.2, 0.25) is 0 Å². The van der Waals surface area contributed by atoms with Crippen LogP contribution in [0.25, 0.3) is 10.2 Å². The molecule has 1 heterocycles. The Morgan fingerprint density at radius 2 is 1.92 bits per heavy atom. The zero-order valence-electron chi connectivity index (χ0n) is 15.9. The van der Waals surface area contributed by atoms with Gasteiger partial charge >= 0.3 is 5.97 Å². The highest BCUT2D eigenvalue weighted by atomic mass is 32.1. The van der Waals surface area contributed by atoms with E-state index in [1.807, 2.05) is 13.0 Å². The number of hydrogen-bond donors (Lipinski definition) is 0. The van der Waals surface area contributed by atoms with Crippen LogP contribution in [0.1, 0.15) is 58.4 Å². The predicted molar refractivity (Wildman–Crippen MR) is 105 cm³/mol. The molecule has 2 rings (SSSR count). The molecule has 26 heavy (non-hydrogen) atoms. The first-order valence-electron chi connectivity index (χ1n) is 9.44. The third-order valence-electron chi connectivity index (χ3n) is 4.12. The molecule has 0 bridgehead atoms. The topological polar surface area (TPSA) is 60.7 Å². The molecule has 142 valence electrons. The number of esters is 1. The lowest BCUT2D eigenvalue weighted by molar-refractivity contribution is -0.143. The molecule has 5 nitrogen and oxygen atoms in total. The van der Waals surface area contributed by atoms with Crippen molar-refractivity contribution in [2.45, 2.75) is 65.8 Å². The first kappa shape index (κ1) is 20.4. The minimum atomic E-state index is -0.315. The molecule has 0 fully saturated rings. The Balaban J connectivity index is 2.44. The third kappa shape index (κ3) is 5.53. The highest BCUT2D eigenvalue weighted by Crippen LogP contribution is 2.20. The largest absolute Gasteiger partial charge is 0.465 e. The standard InChI is InChI=1S/C20H28N2O3S/c1-4-7-9-15-11-12-16-17(13-15)26-20(21-18(23)10-8-5-2)22(16)14-19(24)25-6-3/h11-13H,4-10,14H2,1-3H3. The smallest absolute Gasteiger partial charge is 0.326 e. The molecule has 6 heteroatoms. The fourth-order valence-electron chi connectivity index (χ4n) is 2.72.